The number of carbonyl (C=O) groups is 1. The molecule has 0 aliphatic rings. The quantitative estimate of drug-likeness (QED) is 0.0871. The Balaban J connectivity index is 0.000000229. The Bertz CT molecular complexity index is 2870. The van der Waals surface area contributed by atoms with E-state index >= 15 is 0 Å². The molecule has 65 heavy (non-hydrogen) atoms. The van der Waals surface area contributed by atoms with Gasteiger partial charge >= 0.3 is 0 Å². The molecule has 0 fully saturated rings. The Labute approximate surface area is 389 Å². The molecule has 0 saturated carbocycles. The molecule has 0 bridgehead atoms. The number of H-pyrrole nitrogens is 1. The van der Waals surface area contributed by atoms with Gasteiger partial charge in [0.1, 0.15) is 24.2 Å². The molecule has 14 heteroatoms. The van der Waals surface area contributed by atoms with Crippen LogP contribution in [-0.2, 0) is 6.61 Å². The fourth-order valence-corrected chi connectivity index (χ4v) is 7.46. The van der Waals surface area contributed by atoms with Gasteiger partial charge in [-0.1, -0.05) is 75.3 Å². The molecular formula is C51H52ClN9O3S. The number of pyridine rings is 3. The first-order chi connectivity index (χ1) is 31.9. The first kappa shape index (κ1) is 48.6. The average Bonchev–Trinajstić information content (AvgIpc) is 3.77. The molecule has 12 nitrogen and oxygen atoms in total. The molecular weight excluding hydrogens is 854 g/mol. The van der Waals surface area contributed by atoms with Crippen molar-refractivity contribution < 1.29 is 14.3 Å². The Morgan fingerprint density at radius 3 is 2.29 bits per heavy atom. The van der Waals surface area contributed by atoms with Gasteiger partial charge in [-0.05, 0) is 97.9 Å². The number of fused-ring (bicyclic) bond motifs is 2. The third kappa shape index (κ3) is 12.8. The number of ether oxygens (including phenoxy) is 2. The van der Waals surface area contributed by atoms with Gasteiger partial charge in [0, 0.05) is 65.0 Å². The van der Waals surface area contributed by atoms with E-state index in [1.165, 1.54) is 0 Å². The van der Waals surface area contributed by atoms with Gasteiger partial charge in [0.2, 0.25) is 0 Å². The van der Waals surface area contributed by atoms with E-state index in [1.54, 1.807) is 49.5 Å². The molecule has 4 heterocycles. The fraction of sp³-hybridized carbons (Fsp3) is 0.176. The van der Waals surface area contributed by atoms with Crippen LogP contribution in [0.1, 0.15) is 67.6 Å². The summed E-state index contributed by atoms with van der Waals surface area (Å²) in [6.45, 7) is 10.8. The van der Waals surface area contributed by atoms with Crippen molar-refractivity contribution in [3.63, 3.8) is 0 Å². The molecule has 0 aliphatic carbocycles. The smallest absolute Gasteiger partial charge is 0.252 e. The van der Waals surface area contributed by atoms with Gasteiger partial charge in [-0.25, -0.2) is 0 Å². The molecule has 1 amide bonds. The zero-order valence-corrected chi connectivity index (χ0v) is 39.0. The van der Waals surface area contributed by atoms with E-state index in [0.717, 1.165) is 48.8 Å². The number of nitriles is 1. The summed E-state index contributed by atoms with van der Waals surface area (Å²) >= 11 is 8.02. The number of hydrogen-bond acceptors (Lipinski definition) is 11. The molecule has 4 N–H and O–H groups in total. The largest absolute Gasteiger partial charge is 0.492 e. The molecule has 332 valence electrons. The summed E-state index contributed by atoms with van der Waals surface area (Å²) in [5, 5.41) is 28.6. The van der Waals surface area contributed by atoms with Crippen LogP contribution in [0.3, 0.4) is 0 Å². The van der Waals surface area contributed by atoms with Crippen LogP contribution in [-0.4, -0.2) is 51.8 Å². The van der Waals surface area contributed by atoms with Crippen molar-refractivity contribution in [1.82, 2.24) is 30.5 Å². The maximum atomic E-state index is 12.1. The van der Waals surface area contributed by atoms with Gasteiger partial charge in [0.25, 0.3) is 5.91 Å². The number of aromatic nitrogens is 5. The predicted molar refractivity (Wildman–Crippen MR) is 266 cm³/mol. The molecule has 0 unspecified atom stereocenters. The molecule has 0 spiro atoms. The molecule has 4 aromatic heterocycles. The second-order valence-electron chi connectivity index (χ2n) is 13.2. The topological polar surface area (TPSA) is 163 Å². The minimum atomic E-state index is -0.0901. The number of nitrogens with zero attached hydrogens (tertiary/aromatic N) is 5. The molecule has 8 rings (SSSR count). The highest BCUT2D eigenvalue weighted by Gasteiger charge is 2.15. The van der Waals surface area contributed by atoms with Crippen molar-refractivity contribution in [1.29, 1.82) is 5.26 Å². The number of nitrogens with one attached hydrogen (secondary N) is 4. The number of hydrogen-bond donors (Lipinski definition) is 4. The zero-order chi connectivity index (χ0) is 46.6. The lowest BCUT2D eigenvalue weighted by Gasteiger charge is -2.16. The maximum absolute atomic E-state index is 12.1. The van der Waals surface area contributed by atoms with Gasteiger partial charge in [-0.15, -0.1) is 0 Å². The molecule has 0 aliphatic heterocycles. The predicted octanol–water partition coefficient (Wildman–Crippen LogP) is 12.6. The summed E-state index contributed by atoms with van der Waals surface area (Å²) in [7, 11) is 3.46. The Hall–Kier alpha value is -7.40. The van der Waals surface area contributed by atoms with Crippen LogP contribution in [0.25, 0.3) is 34.0 Å². The molecule has 0 radical (unpaired) electrons. The van der Waals surface area contributed by atoms with Crippen molar-refractivity contribution >= 4 is 80.3 Å². The highest BCUT2D eigenvalue weighted by atomic mass is 35.5. The number of anilines is 3. The monoisotopic (exact) mass is 905 g/mol. The Kier molecular flexibility index (Phi) is 18.7. The van der Waals surface area contributed by atoms with Crippen molar-refractivity contribution in [3.05, 3.63) is 161 Å². The van der Waals surface area contributed by atoms with E-state index in [0.29, 0.717) is 57.8 Å². The number of carbonyl (C=O) groups excluding carboxylic acids is 1. The Morgan fingerprint density at radius 2 is 1.60 bits per heavy atom. The van der Waals surface area contributed by atoms with Gasteiger partial charge in [0.15, 0.2) is 0 Å². The van der Waals surface area contributed by atoms with E-state index in [9.17, 15) is 10.1 Å². The molecule has 0 atom stereocenters. The SMILES string of the molecule is CC.CC.CCOc1cc2ncc(C#N)c(Nc3ccc(OCc4ccccn4)c(Cl)c3)c2cc1NC.CNC(=O)c1ccccc1Sc1ccc2c(/C=C/c3ccccn3)n[nH]c2c1. The van der Waals surface area contributed by atoms with Gasteiger partial charge in [-0.3, -0.25) is 24.8 Å². The summed E-state index contributed by atoms with van der Waals surface area (Å²) < 4.78 is 11.5. The standard InChI is InChI=1S/C25H22ClN5O2.C22H18N4OS.2C2H6/c1-3-32-24-12-21-19(11-22(24)28-2)25(16(13-27)14-30-21)31-17-7-8-23(20(26)10-17)33-15-18-6-4-5-9-29-18;1-23-22(27)18-7-2-3-8-21(18)28-16-10-11-17-19(25-26-20(17)14-16)12-9-15-6-4-5-13-24-15;2*1-2/h4-12,14,28H,3,15H2,1-2H3,(H,30,31);2-14H,1H3,(H,23,27)(H,25,26);2*1-2H3/b;12-9+;;. The third-order valence-corrected chi connectivity index (χ3v) is 10.6. The van der Waals surface area contributed by atoms with Crippen molar-refractivity contribution in [2.75, 3.05) is 31.3 Å². The van der Waals surface area contributed by atoms with E-state index in [4.69, 9.17) is 21.1 Å². The number of benzene rings is 4. The lowest BCUT2D eigenvalue weighted by atomic mass is 10.1. The second kappa shape index (κ2) is 25.0. The maximum Gasteiger partial charge on any atom is 0.252 e. The third-order valence-electron chi connectivity index (χ3n) is 9.21. The lowest BCUT2D eigenvalue weighted by molar-refractivity contribution is 0.0960. The molecule has 0 saturated heterocycles. The summed E-state index contributed by atoms with van der Waals surface area (Å²) in [4.78, 5) is 27.0. The van der Waals surface area contributed by atoms with Crippen molar-refractivity contribution in [2.24, 2.45) is 0 Å². The summed E-state index contributed by atoms with van der Waals surface area (Å²) in [6.07, 6.45) is 8.93. The lowest BCUT2D eigenvalue weighted by Crippen LogP contribution is -2.18. The summed E-state index contributed by atoms with van der Waals surface area (Å²) in [5.41, 5.74) is 7.46. The highest BCUT2D eigenvalue weighted by Crippen LogP contribution is 2.38. The van der Waals surface area contributed by atoms with Crippen LogP contribution in [0.5, 0.6) is 11.5 Å². The first-order valence-electron chi connectivity index (χ1n) is 21.2. The minimum absolute atomic E-state index is 0.0901. The van der Waals surface area contributed by atoms with Crippen LogP contribution < -0.4 is 25.4 Å². The Morgan fingerprint density at radius 1 is 0.831 bits per heavy atom. The van der Waals surface area contributed by atoms with Crippen molar-refractivity contribution in [3.8, 4) is 17.6 Å². The van der Waals surface area contributed by atoms with Crippen LogP contribution in [0, 0.1) is 11.3 Å². The summed E-state index contributed by atoms with van der Waals surface area (Å²) in [6, 6.07) is 36.5. The second-order valence-corrected chi connectivity index (χ2v) is 14.7. The normalized spacial score (nSPS) is 10.3. The average molecular weight is 907 g/mol. The molecule has 8 aromatic rings. The molecule has 4 aromatic carbocycles. The van der Waals surface area contributed by atoms with Crippen LogP contribution in [0.2, 0.25) is 5.02 Å². The van der Waals surface area contributed by atoms with Crippen LogP contribution in [0.4, 0.5) is 17.1 Å². The van der Waals surface area contributed by atoms with Crippen molar-refractivity contribution in [2.45, 2.75) is 51.0 Å². The van der Waals surface area contributed by atoms with Gasteiger partial charge < -0.3 is 25.4 Å². The highest BCUT2D eigenvalue weighted by molar-refractivity contribution is 7.99. The first-order valence-corrected chi connectivity index (χ1v) is 22.4. The minimum Gasteiger partial charge on any atom is -0.492 e. The van der Waals surface area contributed by atoms with E-state index < -0.39 is 0 Å². The number of rotatable bonds is 13. The van der Waals surface area contributed by atoms with E-state index in [2.05, 4.69) is 47.2 Å². The summed E-state index contributed by atoms with van der Waals surface area (Å²) in [5.74, 6) is 1.16. The zero-order valence-electron chi connectivity index (χ0n) is 37.4. The fourth-order valence-electron chi connectivity index (χ4n) is 6.24. The van der Waals surface area contributed by atoms with Crippen LogP contribution >= 0.6 is 23.4 Å². The number of halogens is 1. The van der Waals surface area contributed by atoms with Gasteiger partial charge in [-0.2, -0.15) is 10.4 Å². The van der Waals surface area contributed by atoms with E-state index in [-0.39, 0.29) is 5.91 Å². The number of aromatic amines is 1. The van der Waals surface area contributed by atoms with E-state index in [1.807, 2.05) is 151 Å². The number of amides is 1. The van der Waals surface area contributed by atoms with Gasteiger partial charge in [0.05, 0.1) is 62.2 Å². The van der Waals surface area contributed by atoms with Crippen LogP contribution in [0.15, 0.2) is 138 Å².